The monoisotopic (exact) mass is 486 g/mol. The van der Waals surface area contributed by atoms with Gasteiger partial charge in [-0.25, -0.2) is 14.4 Å². The van der Waals surface area contributed by atoms with Crippen molar-refractivity contribution in [3.8, 4) is 0 Å². The van der Waals surface area contributed by atoms with Gasteiger partial charge < -0.3 is 10.2 Å². The number of rotatable bonds is 8. The fourth-order valence-corrected chi connectivity index (χ4v) is 5.94. The molecule has 0 unspecified atom stereocenters. The Hall–Kier alpha value is -3.28. The zero-order chi connectivity index (χ0) is 25.0. The molecule has 36 heavy (non-hydrogen) atoms. The van der Waals surface area contributed by atoms with Crippen molar-refractivity contribution in [1.29, 1.82) is 0 Å². The van der Waals surface area contributed by atoms with Crippen LogP contribution in [0.1, 0.15) is 85.5 Å². The van der Waals surface area contributed by atoms with E-state index < -0.39 is 5.41 Å². The molecule has 1 amide bonds. The zero-order valence-electron chi connectivity index (χ0n) is 21.0. The van der Waals surface area contributed by atoms with Gasteiger partial charge >= 0.3 is 0 Å². The highest BCUT2D eigenvalue weighted by molar-refractivity contribution is 5.95. The molecule has 0 radical (unpaired) electrons. The molecule has 2 fully saturated rings. The van der Waals surface area contributed by atoms with Gasteiger partial charge in [0.1, 0.15) is 5.82 Å². The summed E-state index contributed by atoms with van der Waals surface area (Å²) in [4.78, 5) is 25.6. The quantitative estimate of drug-likeness (QED) is 0.395. The van der Waals surface area contributed by atoms with Crippen LogP contribution in [-0.2, 0) is 12.0 Å². The van der Waals surface area contributed by atoms with Crippen LogP contribution in [0, 0.1) is 5.82 Å². The van der Waals surface area contributed by atoms with E-state index in [9.17, 15) is 9.18 Å². The molecule has 0 atom stereocenters. The van der Waals surface area contributed by atoms with Crippen molar-refractivity contribution in [2.45, 2.75) is 76.3 Å². The summed E-state index contributed by atoms with van der Waals surface area (Å²) in [6.07, 6.45) is 10.2. The molecule has 5 nitrogen and oxygen atoms in total. The molecule has 1 N–H and O–H groups in total. The van der Waals surface area contributed by atoms with Crippen LogP contribution < -0.4 is 5.32 Å². The van der Waals surface area contributed by atoms with E-state index in [0.717, 1.165) is 55.3 Å². The lowest BCUT2D eigenvalue weighted by Crippen LogP contribution is -2.35. The minimum Gasteiger partial charge on any atom is -0.351 e. The van der Waals surface area contributed by atoms with Gasteiger partial charge in [0.05, 0.1) is 11.3 Å². The summed E-state index contributed by atoms with van der Waals surface area (Å²) in [5.74, 6) is 0.277. The lowest BCUT2D eigenvalue weighted by Gasteiger charge is -2.32. The van der Waals surface area contributed by atoms with E-state index in [0.29, 0.717) is 30.6 Å². The first-order chi connectivity index (χ1) is 17.6. The van der Waals surface area contributed by atoms with E-state index in [4.69, 9.17) is 4.98 Å². The second-order valence-corrected chi connectivity index (χ2v) is 10.2. The van der Waals surface area contributed by atoms with Crippen molar-refractivity contribution in [3.63, 3.8) is 0 Å². The van der Waals surface area contributed by atoms with Gasteiger partial charge in [0.15, 0.2) is 0 Å². The molecule has 5 rings (SSSR count). The van der Waals surface area contributed by atoms with E-state index in [2.05, 4.69) is 10.3 Å². The fraction of sp³-hybridized carbons (Fsp3) is 0.433. The van der Waals surface area contributed by atoms with Crippen LogP contribution in [0.5, 0.6) is 0 Å². The Balaban J connectivity index is 1.57. The van der Waals surface area contributed by atoms with E-state index in [-0.39, 0.29) is 11.7 Å². The van der Waals surface area contributed by atoms with Crippen LogP contribution in [0.4, 0.5) is 10.3 Å². The number of hydrogen-bond donors (Lipinski definition) is 1. The summed E-state index contributed by atoms with van der Waals surface area (Å²) in [6.45, 7) is 3.11. The number of nitrogens with zero attached hydrogens (tertiary/aromatic N) is 3. The Kier molecular flexibility index (Phi) is 7.30. The van der Waals surface area contributed by atoms with Crippen LogP contribution in [0.2, 0.25) is 0 Å². The average molecular weight is 487 g/mol. The Morgan fingerprint density at radius 2 is 1.72 bits per heavy atom. The SMILES string of the molecule is CCN(Cc1ccccc1)C(=O)c1cnc(NC2CCCC2)nc1C1(c2ccc(F)cc2)CCCC1. The van der Waals surface area contributed by atoms with Gasteiger partial charge in [-0.3, -0.25) is 4.79 Å². The maximum Gasteiger partial charge on any atom is 0.257 e. The largest absolute Gasteiger partial charge is 0.351 e. The summed E-state index contributed by atoms with van der Waals surface area (Å²) in [5.41, 5.74) is 3.00. The van der Waals surface area contributed by atoms with Crippen molar-refractivity contribution in [2.24, 2.45) is 0 Å². The van der Waals surface area contributed by atoms with Gasteiger partial charge in [0.25, 0.3) is 5.91 Å². The first-order valence-electron chi connectivity index (χ1n) is 13.3. The third-order valence-corrected chi connectivity index (χ3v) is 7.90. The normalized spacial score (nSPS) is 17.3. The third-order valence-electron chi connectivity index (χ3n) is 7.90. The first kappa shape index (κ1) is 24.4. The van der Waals surface area contributed by atoms with E-state index in [1.165, 1.54) is 25.0 Å². The van der Waals surface area contributed by atoms with Crippen LogP contribution >= 0.6 is 0 Å². The van der Waals surface area contributed by atoms with Crippen molar-refractivity contribution in [2.75, 3.05) is 11.9 Å². The minimum absolute atomic E-state index is 0.0582. The zero-order valence-corrected chi connectivity index (χ0v) is 21.0. The van der Waals surface area contributed by atoms with Gasteiger partial charge in [-0.2, -0.15) is 0 Å². The van der Waals surface area contributed by atoms with E-state index >= 15 is 0 Å². The number of benzene rings is 2. The van der Waals surface area contributed by atoms with Gasteiger partial charge in [-0.05, 0) is 55.9 Å². The van der Waals surface area contributed by atoms with Crippen LogP contribution in [0.3, 0.4) is 0 Å². The molecule has 2 aliphatic rings. The molecule has 2 aliphatic carbocycles. The molecule has 0 saturated heterocycles. The van der Waals surface area contributed by atoms with Crippen LogP contribution in [-0.4, -0.2) is 33.4 Å². The number of carbonyl (C=O) groups excluding carboxylic acids is 1. The van der Waals surface area contributed by atoms with Crippen molar-refractivity contribution in [3.05, 3.63) is 89.0 Å². The summed E-state index contributed by atoms with van der Waals surface area (Å²) >= 11 is 0. The molecular formula is C30H35FN4O. The Morgan fingerprint density at radius 1 is 1.03 bits per heavy atom. The average Bonchev–Trinajstić information content (AvgIpc) is 3.61. The standard InChI is InChI=1S/C30H35FN4O/c1-2-35(21-22-10-4-3-5-11-22)28(36)26-20-32-29(33-25-12-6-7-13-25)34-27(26)30(18-8-9-19-30)23-14-16-24(31)17-15-23/h3-5,10-11,14-17,20,25H,2,6-9,12-13,18-19,21H2,1H3,(H,32,33,34). The number of amides is 1. The summed E-state index contributed by atoms with van der Waals surface area (Å²) in [5, 5.41) is 3.52. The maximum absolute atomic E-state index is 14.0. The second-order valence-electron chi connectivity index (χ2n) is 10.2. The predicted octanol–water partition coefficient (Wildman–Crippen LogP) is 6.49. The molecule has 1 heterocycles. The Morgan fingerprint density at radius 3 is 2.39 bits per heavy atom. The number of anilines is 1. The van der Waals surface area contributed by atoms with Gasteiger partial charge in [-0.15, -0.1) is 0 Å². The Labute approximate surface area is 213 Å². The molecule has 6 heteroatoms. The highest BCUT2D eigenvalue weighted by atomic mass is 19.1. The molecule has 2 aromatic carbocycles. The Bertz CT molecular complexity index is 1170. The number of nitrogens with one attached hydrogen (secondary N) is 1. The summed E-state index contributed by atoms with van der Waals surface area (Å²) in [7, 11) is 0. The predicted molar refractivity (Wildman–Crippen MR) is 140 cm³/mol. The topological polar surface area (TPSA) is 58.1 Å². The molecule has 3 aromatic rings. The maximum atomic E-state index is 14.0. The molecule has 2 saturated carbocycles. The van der Waals surface area contributed by atoms with Gasteiger partial charge in [0.2, 0.25) is 5.95 Å². The van der Waals surface area contributed by atoms with Crippen molar-refractivity contribution in [1.82, 2.24) is 14.9 Å². The summed E-state index contributed by atoms with van der Waals surface area (Å²) in [6, 6.07) is 17.2. The highest BCUT2D eigenvalue weighted by Gasteiger charge is 2.42. The number of carbonyl (C=O) groups is 1. The molecular weight excluding hydrogens is 451 g/mol. The lowest BCUT2D eigenvalue weighted by molar-refractivity contribution is 0.0749. The van der Waals surface area contributed by atoms with Crippen LogP contribution in [0.15, 0.2) is 60.8 Å². The molecule has 0 aliphatic heterocycles. The van der Waals surface area contributed by atoms with Crippen LogP contribution in [0.25, 0.3) is 0 Å². The number of aromatic nitrogens is 2. The third kappa shape index (κ3) is 4.99. The fourth-order valence-electron chi connectivity index (χ4n) is 5.94. The number of hydrogen-bond acceptors (Lipinski definition) is 4. The second kappa shape index (κ2) is 10.8. The molecule has 0 bridgehead atoms. The minimum atomic E-state index is -0.431. The first-order valence-corrected chi connectivity index (χ1v) is 13.3. The van der Waals surface area contributed by atoms with E-state index in [1.807, 2.05) is 54.3 Å². The number of halogens is 1. The van der Waals surface area contributed by atoms with Crippen molar-refractivity contribution >= 4 is 11.9 Å². The summed E-state index contributed by atoms with van der Waals surface area (Å²) < 4.78 is 13.9. The van der Waals surface area contributed by atoms with Crippen molar-refractivity contribution < 1.29 is 9.18 Å². The van der Waals surface area contributed by atoms with Gasteiger partial charge in [0, 0.05) is 30.7 Å². The molecule has 0 spiro atoms. The van der Waals surface area contributed by atoms with Gasteiger partial charge in [-0.1, -0.05) is 68.1 Å². The highest BCUT2D eigenvalue weighted by Crippen LogP contribution is 2.47. The molecule has 1 aromatic heterocycles. The smallest absolute Gasteiger partial charge is 0.257 e. The lowest BCUT2D eigenvalue weighted by atomic mass is 9.74. The molecule has 188 valence electrons. The van der Waals surface area contributed by atoms with E-state index in [1.54, 1.807) is 6.20 Å².